The molecule has 0 spiro atoms. The maximum Gasteiger partial charge on any atom is 0.283 e. The fraction of sp³-hybridized carbons (Fsp3) is 0.600. The van der Waals surface area contributed by atoms with Crippen LogP contribution in [0.5, 0.6) is 0 Å². The number of ether oxygens (including phenoxy) is 3. The third kappa shape index (κ3) is 4.77. The first kappa shape index (κ1) is 15.2. The molecule has 0 heterocycles. The zero-order chi connectivity index (χ0) is 13.3. The van der Waals surface area contributed by atoms with E-state index < -0.39 is 5.97 Å². The molecule has 1 aromatic carbocycles. The summed E-state index contributed by atoms with van der Waals surface area (Å²) in [6, 6.07) is 10.3. The average molecular weight is 252 g/mol. The first-order valence-corrected chi connectivity index (χ1v) is 6.72. The monoisotopic (exact) mass is 252 g/mol. The first-order chi connectivity index (χ1) is 8.76. The topological polar surface area (TPSA) is 27.7 Å². The summed E-state index contributed by atoms with van der Waals surface area (Å²) in [6.07, 6.45) is 1.58. The van der Waals surface area contributed by atoms with Crippen LogP contribution in [0.25, 0.3) is 0 Å². The van der Waals surface area contributed by atoms with Gasteiger partial charge in [-0.2, -0.15) is 0 Å². The second-order valence-electron chi connectivity index (χ2n) is 3.97. The van der Waals surface area contributed by atoms with Gasteiger partial charge in [0.05, 0.1) is 0 Å². The lowest BCUT2D eigenvalue weighted by atomic mass is 10.1. The van der Waals surface area contributed by atoms with E-state index in [1.807, 2.05) is 39.0 Å². The normalized spacial score (nSPS) is 11.7. The molecule has 3 nitrogen and oxygen atoms in total. The van der Waals surface area contributed by atoms with Crippen LogP contribution in [-0.4, -0.2) is 25.8 Å². The van der Waals surface area contributed by atoms with Crippen molar-refractivity contribution in [2.24, 2.45) is 0 Å². The minimum Gasteiger partial charge on any atom is -0.328 e. The molecule has 1 aromatic rings. The lowest BCUT2D eigenvalue weighted by molar-refractivity contribution is -0.379. The fourth-order valence-electron chi connectivity index (χ4n) is 1.94. The van der Waals surface area contributed by atoms with Crippen molar-refractivity contribution in [2.45, 2.75) is 39.6 Å². The van der Waals surface area contributed by atoms with E-state index >= 15 is 0 Å². The number of benzene rings is 1. The highest BCUT2D eigenvalue weighted by molar-refractivity contribution is 5.14. The van der Waals surface area contributed by atoms with Crippen LogP contribution in [0.1, 0.15) is 32.8 Å². The summed E-state index contributed by atoms with van der Waals surface area (Å²) < 4.78 is 17.1. The Labute approximate surface area is 110 Å². The molecule has 0 atom stereocenters. The molecule has 0 N–H and O–H groups in total. The molecular weight excluding hydrogens is 228 g/mol. The van der Waals surface area contributed by atoms with Gasteiger partial charge in [0.2, 0.25) is 0 Å². The molecule has 0 saturated carbocycles. The quantitative estimate of drug-likeness (QED) is 0.631. The van der Waals surface area contributed by atoms with Gasteiger partial charge in [-0.05, 0) is 32.8 Å². The number of hydrogen-bond donors (Lipinski definition) is 0. The highest BCUT2D eigenvalue weighted by Crippen LogP contribution is 2.22. The number of hydrogen-bond acceptors (Lipinski definition) is 3. The van der Waals surface area contributed by atoms with Crippen molar-refractivity contribution >= 4 is 0 Å². The van der Waals surface area contributed by atoms with E-state index in [2.05, 4.69) is 12.1 Å². The van der Waals surface area contributed by atoms with E-state index in [0.29, 0.717) is 26.2 Å². The largest absolute Gasteiger partial charge is 0.328 e. The fourth-order valence-corrected chi connectivity index (χ4v) is 1.94. The van der Waals surface area contributed by atoms with Crippen LogP contribution in [0.15, 0.2) is 30.3 Å². The van der Waals surface area contributed by atoms with Gasteiger partial charge in [-0.3, -0.25) is 0 Å². The van der Waals surface area contributed by atoms with Crippen molar-refractivity contribution < 1.29 is 14.2 Å². The second-order valence-corrected chi connectivity index (χ2v) is 3.97. The smallest absolute Gasteiger partial charge is 0.283 e. The summed E-state index contributed by atoms with van der Waals surface area (Å²) in [5, 5.41) is 0. The summed E-state index contributed by atoms with van der Waals surface area (Å²) in [5.74, 6) is -0.895. The van der Waals surface area contributed by atoms with Crippen LogP contribution in [0.4, 0.5) is 0 Å². The molecule has 0 radical (unpaired) electrons. The second kappa shape index (κ2) is 8.25. The van der Waals surface area contributed by atoms with E-state index in [9.17, 15) is 0 Å². The third-order valence-electron chi connectivity index (χ3n) is 2.66. The SMILES string of the molecule is CCOC(CCc1ccccc1)(OCC)OCC. The molecule has 0 bridgehead atoms. The molecule has 0 fully saturated rings. The van der Waals surface area contributed by atoms with E-state index in [0.717, 1.165) is 6.42 Å². The van der Waals surface area contributed by atoms with Crippen molar-refractivity contribution in [2.75, 3.05) is 19.8 Å². The van der Waals surface area contributed by atoms with Crippen molar-refractivity contribution in [3.8, 4) is 0 Å². The van der Waals surface area contributed by atoms with Gasteiger partial charge < -0.3 is 14.2 Å². The van der Waals surface area contributed by atoms with Gasteiger partial charge >= 0.3 is 0 Å². The highest BCUT2D eigenvalue weighted by atomic mass is 16.9. The van der Waals surface area contributed by atoms with E-state index in [4.69, 9.17) is 14.2 Å². The van der Waals surface area contributed by atoms with Crippen molar-refractivity contribution in [3.63, 3.8) is 0 Å². The van der Waals surface area contributed by atoms with Gasteiger partial charge in [-0.15, -0.1) is 0 Å². The molecular formula is C15H24O3. The van der Waals surface area contributed by atoms with Crippen molar-refractivity contribution in [1.82, 2.24) is 0 Å². The van der Waals surface area contributed by atoms with Crippen LogP contribution in [0, 0.1) is 0 Å². The Bertz CT molecular complexity index is 294. The number of aryl methyl sites for hydroxylation is 1. The zero-order valence-corrected chi connectivity index (χ0v) is 11.6. The number of rotatable bonds is 9. The molecule has 0 aliphatic rings. The predicted molar refractivity (Wildman–Crippen MR) is 72.4 cm³/mol. The third-order valence-corrected chi connectivity index (χ3v) is 2.66. The zero-order valence-electron chi connectivity index (χ0n) is 11.6. The van der Waals surface area contributed by atoms with Gasteiger partial charge in [0.1, 0.15) is 0 Å². The summed E-state index contributed by atoms with van der Waals surface area (Å²) in [7, 11) is 0. The summed E-state index contributed by atoms with van der Waals surface area (Å²) in [5.41, 5.74) is 1.26. The van der Waals surface area contributed by atoms with E-state index in [1.54, 1.807) is 0 Å². The Balaban J connectivity index is 2.64. The Kier molecular flexibility index (Phi) is 6.94. The van der Waals surface area contributed by atoms with Crippen molar-refractivity contribution in [1.29, 1.82) is 0 Å². The molecule has 3 heteroatoms. The van der Waals surface area contributed by atoms with Crippen molar-refractivity contribution in [3.05, 3.63) is 35.9 Å². The first-order valence-electron chi connectivity index (χ1n) is 6.72. The van der Waals surface area contributed by atoms with Gasteiger partial charge in [0.15, 0.2) is 0 Å². The summed E-state index contributed by atoms with van der Waals surface area (Å²) in [4.78, 5) is 0. The Morgan fingerprint density at radius 3 is 1.78 bits per heavy atom. The summed E-state index contributed by atoms with van der Waals surface area (Å²) >= 11 is 0. The van der Waals surface area contributed by atoms with Crippen LogP contribution in [0.2, 0.25) is 0 Å². The minimum absolute atomic E-state index is 0.578. The van der Waals surface area contributed by atoms with Gasteiger partial charge in [0.25, 0.3) is 5.97 Å². The maximum absolute atomic E-state index is 5.69. The van der Waals surface area contributed by atoms with E-state index in [1.165, 1.54) is 5.56 Å². The summed E-state index contributed by atoms with van der Waals surface area (Å²) in [6.45, 7) is 7.60. The van der Waals surface area contributed by atoms with Crippen LogP contribution in [-0.2, 0) is 20.6 Å². The van der Waals surface area contributed by atoms with Crippen LogP contribution >= 0.6 is 0 Å². The molecule has 0 saturated heterocycles. The van der Waals surface area contributed by atoms with E-state index in [-0.39, 0.29) is 0 Å². The molecule has 102 valence electrons. The molecule has 18 heavy (non-hydrogen) atoms. The lowest BCUT2D eigenvalue weighted by Gasteiger charge is -2.32. The highest BCUT2D eigenvalue weighted by Gasteiger charge is 2.31. The molecule has 0 aliphatic heterocycles. The van der Waals surface area contributed by atoms with Gasteiger partial charge in [0, 0.05) is 26.2 Å². The Morgan fingerprint density at radius 2 is 1.33 bits per heavy atom. The predicted octanol–water partition coefficient (Wildman–Crippen LogP) is 3.38. The van der Waals surface area contributed by atoms with Gasteiger partial charge in [-0.1, -0.05) is 30.3 Å². The molecule has 0 amide bonds. The molecule has 0 aliphatic carbocycles. The lowest BCUT2D eigenvalue weighted by Crippen LogP contribution is -2.40. The Morgan fingerprint density at radius 1 is 0.833 bits per heavy atom. The Hall–Kier alpha value is -0.900. The van der Waals surface area contributed by atoms with Gasteiger partial charge in [-0.25, -0.2) is 0 Å². The van der Waals surface area contributed by atoms with Crippen LogP contribution < -0.4 is 0 Å². The molecule has 1 rings (SSSR count). The molecule has 0 aromatic heterocycles. The maximum atomic E-state index is 5.69. The average Bonchev–Trinajstić information content (AvgIpc) is 2.39. The standard InChI is InChI=1S/C15H24O3/c1-4-16-15(17-5-2,18-6-3)13-12-14-10-8-7-9-11-14/h7-11H,4-6,12-13H2,1-3H3. The van der Waals surface area contributed by atoms with Crippen LogP contribution in [0.3, 0.4) is 0 Å². The minimum atomic E-state index is -0.895. The molecule has 0 unspecified atom stereocenters.